The van der Waals surface area contributed by atoms with Crippen LogP contribution in [-0.4, -0.2) is 12.4 Å². The zero-order chi connectivity index (χ0) is 5.11. The highest BCUT2D eigenvalue weighted by Gasteiger charge is 1.89. The summed E-state index contributed by atoms with van der Waals surface area (Å²) in [6.45, 7) is 0.770. The van der Waals surface area contributed by atoms with E-state index in [0.29, 0.717) is 0 Å². The second kappa shape index (κ2) is 1.78. The molecule has 0 bridgehead atoms. The van der Waals surface area contributed by atoms with Crippen LogP contribution >= 0.6 is 0 Å². The zero-order valence-electron chi connectivity index (χ0n) is 4.09. The van der Waals surface area contributed by atoms with E-state index in [1.807, 2.05) is 12.2 Å². The third-order valence-corrected chi connectivity index (χ3v) is 0.893. The van der Waals surface area contributed by atoms with Gasteiger partial charge in [0.15, 0.2) is 0 Å². The van der Waals surface area contributed by atoms with Gasteiger partial charge in [-0.2, -0.15) is 0 Å². The van der Waals surface area contributed by atoms with Crippen molar-refractivity contribution in [2.45, 2.75) is 6.42 Å². The molecule has 0 aliphatic carbocycles. The Hall–Kier alpha value is -0.790. The molecular formula is C5H8N2. The van der Waals surface area contributed by atoms with Gasteiger partial charge in [-0.05, 0) is 0 Å². The molecule has 2 N–H and O–H groups in total. The third-order valence-electron chi connectivity index (χ3n) is 0.893. The van der Waals surface area contributed by atoms with Crippen LogP contribution in [0.3, 0.4) is 0 Å². The van der Waals surface area contributed by atoms with Gasteiger partial charge in [-0.15, -0.1) is 0 Å². The average molecular weight is 96.1 g/mol. The topological polar surface area (TPSA) is 38.4 Å². The largest absolute Gasteiger partial charge is 0.387 e. The van der Waals surface area contributed by atoms with Gasteiger partial charge in [0.2, 0.25) is 0 Å². The molecule has 0 aromatic heterocycles. The molecule has 1 aliphatic rings. The zero-order valence-corrected chi connectivity index (χ0v) is 4.09. The minimum Gasteiger partial charge on any atom is -0.387 e. The highest BCUT2D eigenvalue weighted by atomic mass is 14.8. The number of dihydropyridines is 1. The monoisotopic (exact) mass is 96.1 g/mol. The molecule has 0 aromatic carbocycles. The van der Waals surface area contributed by atoms with E-state index in [0.717, 1.165) is 18.8 Å². The van der Waals surface area contributed by atoms with E-state index in [9.17, 15) is 0 Å². The standard InChI is InChI=1S/C5H8N2/c6-5-3-1-2-4-7-5/h1-2H,3-4H2,(H2,6,7). The first-order valence-electron chi connectivity index (χ1n) is 2.33. The lowest BCUT2D eigenvalue weighted by Gasteiger charge is -1.97. The van der Waals surface area contributed by atoms with Crippen molar-refractivity contribution in [2.75, 3.05) is 6.54 Å². The van der Waals surface area contributed by atoms with E-state index < -0.39 is 0 Å². The fraction of sp³-hybridized carbons (Fsp3) is 0.400. The van der Waals surface area contributed by atoms with Crippen molar-refractivity contribution >= 4 is 5.84 Å². The molecule has 0 fully saturated rings. The number of hydrogen-bond acceptors (Lipinski definition) is 2. The molecule has 7 heavy (non-hydrogen) atoms. The first kappa shape index (κ1) is 4.37. The smallest absolute Gasteiger partial charge is 0.0979 e. The molecule has 0 spiro atoms. The van der Waals surface area contributed by atoms with Crippen LogP contribution in [0.1, 0.15) is 6.42 Å². The van der Waals surface area contributed by atoms with Crippen molar-refractivity contribution in [3.8, 4) is 0 Å². The molecule has 0 atom stereocenters. The van der Waals surface area contributed by atoms with Gasteiger partial charge in [0.25, 0.3) is 0 Å². The van der Waals surface area contributed by atoms with Gasteiger partial charge in [0.05, 0.1) is 12.4 Å². The van der Waals surface area contributed by atoms with E-state index in [-0.39, 0.29) is 0 Å². The van der Waals surface area contributed by atoms with Gasteiger partial charge in [-0.1, -0.05) is 12.2 Å². The van der Waals surface area contributed by atoms with Crippen molar-refractivity contribution in [2.24, 2.45) is 10.7 Å². The van der Waals surface area contributed by atoms with Crippen molar-refractivity contribution < 1.29 is 0 Å². The van der Waals surface area contributed by atoms with Crippen LogP contribution in [0.25, 0.3) is 0 Å². The van der Waals surface area contributed by atoms with Crippen LogP contribution < -0.4 is 5.73 Å². The summed E-state index contributed by atoms with van der Waals surface area (Å²) in [5.41, 5.74) is 5.33. The summed E-state index contributed by atoms with van der Waals surface area (Å²) >= 11 is 0. The van der Waals surface area contributed by atoms with Crippen LogP contribution in [0, 0.1) is 0 Å². The summed E-state index contributed by atoms with van der Waals surface area (Å²) in [6, 6.07) is 0. The van der Waals surface area contributed by atoms with Gasteiger partial charge in [-0.25, -0.2) is 0 Å². The van der Waals surface area contributed by atoms with Crippen LogP contribution in [0.4, 0.5) is 0 Å². The second-order valence-corrected chi connectivity index (χ2v) is 1.51. The summed E-state index contributed by atoms with van der Waals surface area (Å²) in [6.07, 6.45) is 4.87. The number of rotatable bonds is 0. The van der Waals surface area contributed by atoms with Crippen LogP contribution in [-0.2, 0) is 0 Å². The SMILES string of the molecule is NC1=NCC=CC1. The Balaban J connectivity index is 2.50. The molecule has 0 saturated carbocycles. The maximum atomic E-state index is 5.33. The Morgan fingerprint density at radius 1 is 1.57 bits per heavy atom. The van der Waals surface area contributed by atoms with Crippen LogP contribution in [0.5, 0.6) is 0 Å². The molecule has 38 valence electrons. The summed E-state index contributed by atoms with van der Waals surface area (Å²) < 4.78 is 0. The Morgan fingerprint density at radius 2 is 2.43 bits per heavy atom. The van der Waals surface area contributed by atoms with Gasteiger partial charge in [0.1, 0.15) is 0 Å². The summed E-state index contributed by atoms with van der Waals surface area (Å²) in [7, 11) is 0. The highest BCUT2D eigenvalue weighted by molar-refractivity contribution is 5.82. The number of nitrogens with two attached hydrogens (primary N) is 1. The quantitative estimate of drug-likeness (QED) is 0.433. The maximum absolute atomic E-state index is 5.33. The number of hydrogen-bond donors (Lipinski definition) is 1. The predicted octanol–water partition coefficient (Wildman–Crippen LogP) is 0.304. The molecule has 1 heterocycles. The molecule has 0 saturated heterocycles. The Morgan fingerprint density at radius 3 is 2.71 bits per heavy atom. The van der Waals surface area contributed by atoms with Crippen molar-refractivity contribution in [3.63, 3.8) is 0 Å². The van der Waals surface area contributed by atoms with Gasteiger partial charge in [0, 0.05) is 6.42 Å². The molecule has 0 unspecified atom stereocenters. The summed E-state index contributed by atoms with van der Waals surface area (Å²) in [4.78, 5) is 3.94. The lowest BCUT2D eigenvalue weighted by molar-refractivity contribution is 1.15. The third kappa shape index (κ3) is 1.03. The number of aliphatic imine (C=N–C) groups is 1. The maximum Gasteiger partial charge on any atom is 0.0979 e. The van der Waals surface area contributed by atoms with Crippen molar-refractivity contribution in [1.29, 1.82) is 0 Å². The summed E-state index contributed by atoms with van der Waals surface area (Å²) in [5.74, 6) is 0.752. The van der Waals surface area contributed by atoms with Crippen molar-refractivity contribution in [3.05, 3.63) is 12.2 Å². The van der Waals surface area contributed by atoms with Gasteiger partial charge < -0.3 is 5.73 Å². The van der Waals surface area contributed by atoms with Gasteiger partial charge in [-0.3, -0.25) is 4.99 Å². The van der Waals surface area contributed by atoms with Crippen LogP contribution in [0.2, 0.25) is 0 Å². The molecular weight excluding hydrogens is 88.1 g/mol. The number of amidine groups is 1. The van der Waals surface area contributed by atoms with E-state index in [1.165, 1.54) is 0 Å². The fourth-order valence-electron chi connectivity index (χ4n) is 0.513. The second-order valence-electron chi connectivity index (χ2n) is 1.51. The minimum atomic E-state index is 0.752. The molecule has 2 nitrogen and oxygen atoms in total. The highest BCUT2D eigenvalue weighted by Crippen LogP contribution is 1.90. The van der Waals surface area contributed by atoms with E-state index >= 15 is 0 Å². The first-order valence-corrected chi connectivity index (χ1v) is 2.33. The molecule has 1 aliphatic heterocycles. The van der Waals surface area contributed by atoms with Gasteiger partial charge >= 0.3 is 0 Å². The Bertz CT molecular complexity index is 113. The Kier molecular flexibility index (Phi) is 1.11. The lowest BCUT2D eigenvalue weighted by atomic mass is 10.3. The Labute approximate surface area is 42.7 Å². The minimum absolute atomic E-state index is 0.752. The molecule has 1 rings (SSSR count). The average Bonchev–Trinajstić information content (AvgIpc) is 1.69. The van der Waals surface area contributed by atoms with Crippen LogP contribution in [0.15, 0.2) is 17.1 Å². The van der Waals surface area contributed by atoms with Crippen molar-refractivity contribution in [1.82, 2.24) is 0 Å². The number of nitrogens with zero attached hydrogens (tertiary/aromatic N) is 1. The molecule has 0 amide bonds. The molecule has 0 radical (unpaired) electrons. The lowest BCUT2D eigenvalue weighted by Crippen LogP contribution is -2.12. The van der Waals surface area contributed by atoms with E-state index in [1.54, 1.807) is 0 Å². The van der Waals surface area contributed by atoms with E-state index in [4.69, 9.17) is 5.73 Å². The summed E-state index contributed by atoms with van der Waals surface area (Å²) in [5, 5.41) is 0. The normalized spacial score (nSPS) is 19.1. The van der Waals surface area contributed by atoms with E-state index in [2.05, 4.69) is 4.99 Å². The fourth-order valence-corrected chi connectivity index (χ4v) is 0.513. The molecule has 2 heteroatoms. The predicted molar refractivity (Wildman–Crippen MR) is 30.2 cm³/mol. The first-order chi connectivity index (χ1) is 3.39. The molecule has 0 aromatic rings.